The molecule has 3 rings (SSSR count). The Balaban J connectivity index is 1.60. The van der Waals surface area contributed by atoms with Gasteiger partial charge in [0, 0.05) is 11.7 Å². The second kappa shape index (κ2) is 5.75. The van der Waals surface area contributed by atoms with Gasteiger partial charge in [-0.3, -0.25) is 14.6 Å². The Labute approximate surface area is 137 Å². The number of carbonyl (C=O) groups excluding carboxylic acids is 2. The Kier molecular flexibility index (Phi) is 4.01. The predicted molar refractivity (Wildman–Crippen MR) is 78.5 cm³/mol. The first kappa shape index (κ1) is 16.7. The molecule has 24 heavy (non-hydrogen) atoms. The molecule has 2 fully saturated rings. The fourth-order valence-corrected chi connectivity index (χ4v) is 3.89. The van der Waals surface area contributed by atoms with Gasteiger partial charge in [-0.2, -0.15) is 13.2 Å². The highest BCUT2D eigenvalue weighted by Crippen LogP contribution is 2.56. The second-order valence-corrected chi connectivity index (χ2v) is 6.72. The molecule has 2 saturated carbocycles. The summed E-state index contributed by atoms with van der Waals surface area (Å²) in [5.74, 6) is -0.115. The van der Waals surface area contributed by atoms with Crippen molar-refractivity contribution in [3.63, 3.8) is 0 Å². The third-order valence-electron chi connectivity index (χ3n) is 5.27. The first-order chi connectivity index (χ1) is 11.3. The number of hydrogen-bond acceptors (Lipinski definition) is 3. The Morgan fingerprint density at radius 2 is 1.96 bits per heavy atom. The van der Waals surface area contributed by atoms with Crippen LogP contribution in [0.25, 0.3) is 0 Å². The summed E-state index contributed by atoms with van der Waals surface area (Å²) in [5.41, 5.74) is -1.19. The molecule has 130 valence electrons. The first-order valence-corrected chi connectivity index (χ1v) is 7.81. The molecule has 2 amide bonds. The van der Waals surface area contributed by atoms with Crippen LogP contribution in [0.4, 0.5) is 13.2 Å². The number of rotatable bonds is 5. The average Bonchev–Trinajstić information content (AvgIpc) is 3.10. The van der Waals surface area contributed by atoms with Crippen LogP contribution in [0.5, 0.6) is 0 Å². The van der Waals surface area contributed by atoms with E-state index in [2.05, 4.69) is 15.6 Å². The van der Waals surface area contributed by atoms with Crippen molar-refractivity contribution in [2.75, 3.05) is 0 Å². The highest BCUT2D eigenvalue weighted by molar-refractivity contribution is 5.84. The van der Waals surface area contributed by atoms with Crippen molar-refractivity contribution in [3.05, 3.63) is 29.6 Å². The van der Waals surface area contributed by atoms with Crippen molar-refractivity contribution < 1.29 is 22.8 Å². The summed E-state index contributed by atoms with van der Waals surface area (Å²) >= 11 is 0. The quantitative estimate of drug-likeness (QED) is 0.807. The molecule has 0 aliphatic heterocycles. The van der Waals surface area contributed by atoms with Crippen LogP contribution in [0, 0.1) is 5.41 Å². The summed E-state index contributed by atoms with van der Waals surface area (Å²) in [6.07, 6.45) is 0.617. The van der Waals surface area contributed by atoms with Crippen molar-refractivity contribution in [2.24, 2.45) is 5.41 Å². The Morgan fingerprint density at radius 3 is 2.50 bits per heavy atom. The molecule has 2 aliphatic carbocycles. The lowest BCUT2D eigenvalue weighted by Gasteiger charge is -2.26. The van der Waals surface area contributed by atoms with Gasteiger partial charge in [0.15, 0.2) is 0 Å². The van der Waals surface area contributed by atoms with Gasteiger partial charge in [0.05, 0.1) is 23.2 Å². The minimum Gasteiger partial charge on any atom is -0.353 e. The van der Waals surface area contributed by atoms with Gasteiger partial charge < -0.3 is 10.6 Å². The van der Waals surface area contributed by atoms with E-state index in [0.29, 0.717) is 31.4 Å². The molecule has 1 aromatic heterocycles. The lowest BCUT2D eigenvalue weighted by molar-refractivity contribution is -0.138. The van der Waals surface area contributed by atoms with Gasteiger partial charge >= 0.3 is 6.18 Å². The zero-order valence-electron chi connectivity index (χ0n) is 12.9. The van der Waals surface area contributed by atoms with Gasteiger partial charge in [0.25, 0.3) is 0 Å². The summed E-state index contributed by atoms with van der Waals surface area (Å²) in [6, 6.07) is 2.22. The lowest BCUT2D eigenvalue weighted by Crippen LogP contribution is -2.40. The number of carbonyl (C=O) groups is 2. The van der Waals surface area contributed by atoms with Gasteiger partial charge in [-0.25, -0.2) is 0 Å². The van der Waals surface area contributed by atoms with E-state index in [1.807, 2.05) is 0 Å². The number of amides is 2. The van der Waals surface area contributed by atoms with E-state index in [9.17, 15) is 22.8 Å². The lowest BCUT2D eigenvalue weighted by atomic mass is 9.83. The summed E-state index contributed by atoms with van der Waals surface area (Å²) in [4.78, 5) is 27.0. The Bertz CT molecular complexity index is 635. The van der Waals surface area contributed by atoms with Gasteiger partial charge in [-0.05, 0) is 44.2 Å². The molecule has 1 heterocycles. The van der Waals surface area contributed by atoms with Crippen molar-refractivity contribution in [1.29, 1.82) is 0 Å². The molecule has 0 saturated heterocycles. The number of halogens is 3. The van der Waals surface area contributed by atoms with E-state index >= 15 is 0 Å². The molecular weight excluding hydrogens is 323 g/mol. The zero-order valence-corrected chi connectivity index (χ0v) is 12.9. The number of nitrogens with zero attached hydrogens (tertiary/aromatic N) is 1. The Morgan fingerprint density at radius 1 is 1.25 bits per heavy atom. The molecule has 0 unspecified atom stereocenters. The normalized spacial score (nSPS) is 28.6. The third-order valence-corrected chi connectivity index (χ3v) is 5.27. The topological polar surface area (TPSA) is 71.1 Å². The predicted octanol–water partition coefficient (Wildman–Crippen LogP) is 2.17. The number of aromatic nitrogens is 1. The van der Waals surface area contributed by atoms with Crippen molar-refractivity contribution >= 4 is 12.3 Å². The van der Waals surface area contributed by atoms with Crippen LogP contribution in [0.2, 0.25) is 0 Å². The van der Waals surface area contributed by atoms with E-state index in [1.165, 1.54) is 6.07 Å². The smallest absolute Gasteiger partial charge is 0.353 e. The molecule has 0 radical (unpaired) electrons. The van der Waals surface area contributed by atoms with E-state index in [1.54, 1.807) is 0 Å². The minimum atomic E-state index is -4.42. The fourth-order valence-electron chi connectivity index (χ4n) is 3.89. The average molecular weight is 341 g/mol. The zero-order chi connectivity index (χ0) is 17.4. The van der Waals surface area contributed by atoms with Crippen LogP contribution in [0.15, 0.2) is 18.3 Å². The van der Waals surface area contributed by atoms with Crippen LogP contribution >= 0.6 is 0 Å². The number of alkyl halides is 3. The minimum absolute atomic E-state index is 0.0901. The first-order valence-electron chi connectivity index (χ1n) is 7.81. The van der Waals surface area contributed by atoms with E-state index in [0.717, 1.165) is 25.1 Å². The van der Waals surface area contributed by atoms with Crippen molar-refractivity contribution in [3.8, 4) is 0 Å². The summed E-state index contributed by atoms with van der Waals surface area (Å²) in [7, 11) is 0. The standard InChI is InChI=1S/C16H18F3N3O2/c17-16(18,19)11-1-2-12(20-7-11)8-21-13(24)14-3-5-15(9-14,6-4-14)22-10-23/h1-2,7,10H,3-6,8-9H2,(H,21,24)(H,22,23). The molecule has 0 aromatic carbocycles. The van der Waals surface area contributed by atoms with Crippen LogP contribution in [-0.4, -0.2) is 22.8 Å². The number of fused-ring (bicyclic) bond motifs is 2. The summed E-state index contributed by atoms with van der Waals surface area (Å²) < 4.78 is 37.5. The largest absolute Gasteiger partial charge is 0.417 e. The fraction of sp³-hybridized carbons (Fsp3) is 0.562. The van der Waals surface area contributed by atoms with Crippen LogP contribution in [0.1, 0.15) is 43.4 Å². The summed E-state index contributed by atoms with van der Waals surface area (Å²) in [5, 5.41) is 5.62. The highest BCUT2D eigenvalue weighted by Gasteiger charge is 2.57. The molecule has 2 N–H and O–H groups in total. The van der Waals surface area contributed by atoms with Gasteiger partial charge in [0.1, 0.15) is 0 Å². The SMILES string of the molecule is O=CNC12CCC(C(=O)NCc3ccc(C(F)(F)F)cn3)(CC1)C2. The molecule has 5 nitrogen and oxygen atoms in total. The molecule has 0 spiro atoms. The van der Waals surface area contributed by atoms with Gasteiger partial charge in [0.2, 0.25) is 12.3 Å². The van der Waals surface area contributed by atoms with Crippen molar-refractivity contribution in [1.82, 2.24) is 15.6 Å². The van der Waals surface area contributed by atoms with E-state index < -0.39 is 17.2 Å². The Hall–Kier alpha value is -2.12. The van der Waals surface area contributed by atoms with E-state index in [-0.39, 0.29) is 18.0 Å². The number of hydrogen-bond donors (Lipinski definition) is 2. The van der Waals surface area contributed by atoms with Crippen molar-refractivity contribution in [2.45, 2.75) is 50.4 Å². The third kappa shape index (κ3) is 2.97. The number of nitrogens with one attached hydrogen (secondary N) is 2. The van der Waals surface area contributed by atoms with Crippen LogP contribution in [0.3, 0.4) is 0 Å². The second-order valence-electron chi connectivity index (χ2n) is 6.72. The molecular formula is C16H18F3N3O2. The maximum atomic E-state index is 12.5. The van der Waals surface area contributed by atoms with Gasteiger partial charge in [-0.15, -0.1) is 0 Å². The number of pyridine rings is 1. The molecule has 8 heteroatoms. The molecule has 2 aliphatic rings. The molecule has 1 aromatic rings. The summed E-state index contributed by atoms with van der Waals surface area (Å²) in [6.45, 7) is 0.0901. The maximum Gasteiger partial charge on any atom is 0.417 e. The highest BCUT2D eigenvalue weighted by atomic mass is 19.4. The van der Waals surface area contributed by atoms with E-state index in [4.69, 9.17) is 0 Å². The molecule has 2 bridgehead atoms. The van der Waals surface area contributed by atoms with Crippen LogP contribution < -0.4 is 10.6 Å². The van der Waals surface area contributed by atoms with Crippen LogP contribution in [-0.2, 0) is 22.3 Å². The van der Waals surface area contributed by atoms with Gasteiger partial charge in [-0.1, -0.05) is 0 Å². The monoisotopic (exact) mass is 341 g/mol. The maximum absolute atomic E-state index is 12.5. The molecule has 0 atom stereocenters.